The van der Waals surface area contributed by atoms with E-state index in [4.69, 9.17) is 4.74 Å². The summed E-state index contributed by atoms with van der Waals surface area (Å²) in [5, 5.41) is 0. The third kappa shape index (κ3) is 2.92. The van der Waals surface area contributed by atoms with E-state index in [2.05, 4.69) is 6.58 Å². The Labute approximate surface area is 109 Å². The van der Waals surface area contributed by atoms with Crippen LogP contribution in [0.25, 0.3) is 0 Å². The van der Waals surface area contributed by atoms with Gasteiger partial charge in [-0.05, 0) is 18.8 Å². The molecule has 2 atom stereocenters. The minimum Gasteiger partial charge on any atom is -0.467 e. The summed E-state index contributed by atoms with van der Waals surface area (Å²) in [6, 6.07) is -0.459. The predicted molar refractivity (Wildman–Crippen MR) is 69.9 cm³/mol. The fraction of sp³-hybridized carbons (Fsp3) is 0.714. The second-order valence-corrected chi connectivity index (χ2v) is 5.79. The Hall–Kier alpha value is -1.32. The van der Waals surface area contributed by atoms with Gasteiger partial charge in [-0.15, -0.1) is 6.58 Å². The van der Waals surface area contributed by atoms with Crippen molar-refractivity contribution in [3.8, 4) is 0 Å². The monoisotopic (exact) mass is 253 g/mol. The normalized spacial score (nSPS) is 23.9. The minimum absolute atomic E-state index is 0.00413. The lowest BCUT2D eigenvalue weighted by atomic mass is 9.92. The van der Waals surface area contributed by atoms with Crippen molar-refractivity contribution in [2.75, 3.05) is 13.7 Å². The molecule has 0 saturated carbocycles. The number of nitrogens with zero attached hydrogens (tertiary/aromatic N) is 1. The number of ether oxygens (including phenoxy) is 1. The second-order valence-electron chi connectivity index (χ2n) is 5.79. The summed E-state index contributed by atoms with van der Waals surface area (Å²) in [7, 11) is 1.37. The Kier molecular flexibility index (Phi) is 4.54. The molecule has 1 rings (SSSR count). The molecule has 1 heterocycles. The van der Waals surface area contributed by atoms with E-state index in [0.29, 0.717) is 6.54 Å². The first kappa shape index (κ1) is 14.7. The van der Waals surface area contributed by atoms with E-state index < -0.39 is 11.5 Å². The lowest BCUT2D eigenvalue weighted by molar-refractivity contribution is -0.155. The molecule has 0 aliphatic carbocycles. The summed E-state index contributed by atoms with van der Waals surface area (Å²) in [4.78, 5) is 25.9. The molecule has 1 aliphatic rings. The van der Waals surface area contributed by atoms with E-state index >= 15 is 0 Å². The van der Waals surface area contributed by atoms with Crippen molar-refractivity contribution >= 4 is 11.9 Å². The molecule has 2 unspecified atom stereocenters. The number of carbonyl (C=O) groups excluding carboxylic acids is 2. The molecule has 1 saturated heterocycles. The van der Waals surface area contributed by atoms with Crippen LogP contribution in [0.15, 0.2) is 12.7 Å². The Balaban J connectivity index is 2.94. The molecular formula is C14H23NO3. The van der Waals surface area contributed by atoms with E-state index in [1.165, 1.54) is 7.11 Å². The van der Waals surface area contributed by atoms with Crippen molar-refractivity contribution in [1.82, 2.24) is 4.90 Å². The zero-order valence-corrected chi connectivity index (χ0v) is 11.7. The first-order chi connectivity index (χ1) is 8.32. The van der Waals surface area contributed by atoms with Crippen LogP contribution in [0.4, 0.5) is 0 Å². The summed E-state index contributed by atoms with van der Waals surface area (Å²) in [6.07, 6.45) is 3.35. The molecule has 0 aromatic carbocycles. The predicted octanol–water partition coefficient (Wildman–Crippen LogP) is 2.00. The molecule has 0 aromatic heterocycles. The molecule has 102 valence electrons. The molecule has 4 nitrogen and oxygen atoms in total. The first-order valence-corrected chi connectivity index (χ1v) is 6.32. The first-order valence-electron chi connectivity index (χ1n) is 6.32. The Morgan fingerprint density at radius 3 is 2.50 bits per heavy atom. The van der Waals surface area contributed by atoms with Crippen LogP contribution in [0.5, 0.6) is 0 Å². The molecule has 4 heteroatoms. The van der Waals surface area contributed by atoms with Crippen molar-refractivity contribution in [3.05, 3.63) is 12.7 Å². The number of likely N-dealkylation sites (tertiary alicyclic amines) is 1. The van der Waals surface area contributed by atoms with Crippen LogP contribution in [-0.2, 0) is 14.3 Å². The van der Waals surface area contributed by atoms with E-state index in [9.17, 15) is 9.59 Å². The average molecular weight is 253 g/mol. The molecular weight excluding hydrogens is 230 g/mol. The maximum absolute atomic E-state index is 12.3. The fourth-order valence-corrected chi connectivity index (χ4v) is 2.42. The lowest BCUT2D eigenvalue weighted by Crippen LogP contribution is -2.48. The molecule has 1 aliphatic heterocycles. The van der Waals surface area contributed by atoms with Gasteiger partial charge in [-0.3, -0.25) is 4.79 Å². The molecule has 0 aromatic rings. The number of hydrogen-bond acceptors (Lipinski definition) is 3. The van der Waals surface area contributed by atoms with Gasteiger partial charge in [0.1, 0.15) is 6.04 Å². The van der Waals surface area contributed by atoms with Gasteiger partial charge in [0.2, 0.25) is 5.91 Å². The summed E-state index contributed by atoms with van der Waals surface area (Å²) in [6.45, 7) is 9.92. The van der Waals surface area contributed by atoms with Gasteiger partial charge in [-0.2, -0.15) is 0 Å². The maximum atomic E-state index is 12.3. The van der Waals surface area contributed by atoms with Gasteiger partial charge >= 0.3 is 5.97 Å². The number of allylic oxidation sites excluding steroid dienone is 1. The number of methoxy groups -OCH3 is 1. The maximum Gasteiger partial charge on any atom is 0.328 e. The number of carbonyl (C=O) groups is 2. The van der Waals surface area contributed by atoms with Crippen molar-refractivity contribution in [2.24, 2.45) is 11.3 Å². The Morgan fingerprint density at radius 1 is 1.44 bits per heavy atom. The van der Waals surface area contributed by atoms with Crippen LogP contribution < -0.4 is 0 Å². The quantitative estimate of drug-likeness (QED) is 0.571. The lowest BCUT2D eigenvalue weighted by Gasteiger charge is -2.31. The molecule has 1 fully saturated rings. The number of rotatable bonds is 3. The van der Waals surface area contributed by atoms with Crippen LogP contribution in [0, 0.1) is 11.3 Å². The van der Waals surface area contributed by atoms with Crippen molar-refractivity contribution in [2.45, 2.75) is 39.7 Å². The summed E-state index contributed by atoms with van der Waals surface area (Å²) in [5.41, 5.74) is -0.477. The smallest absolute Gasteiger partial charge is 0.328 e. The zero-order valence-electron chi connectivity index (χ0n) is 11.7. The van der Waals surface area contributed by atoms with E-state index in [1.807, 2.05) is 20.8 Å². The van der Waals surface area contributed by atoms with Gasteiger partial charge in [-0.25, -0.2) is 4.79 Å². The molecule has 18 heavy (non-hydrogen) atoms. The van der Waals surface area contributed by atoms with Crippen LogP contribution >= 0.6 is 0 Å². The van der Waals surface area contributed by atoms with E-state index in [-0.39, 0.29) is 17.8 Å². The highest BCUT2D eigenvalue weighted by molar-refractivity contribution is 5.88. The van der Waals surface area contributed by atoms with Gasteiger partial charge in [0.05, 0.1) is 7.11 Å². The molecule has 0 bridgehead atoms. The van der Waals surface area contributed by atoms with Gasteiger partial charge in [0.15, 0.2) is 0 Å². The molecule has 0 radical (unpaired) electrons. The second kappa shape index (κ2) is 5.55. The highest BCUT2D eigenvalue weighted by Crippen LogP contribution is 2.32. The van der Waals surface area contributed by atoms with Crippen molar-refractivity contribution in [3.63, 3.8) is 0 Å². The highest BCUT2D eigenvalue weighted by atomic mass is 16.5. The zero-order chi connectivity index (χ0) is 13.9. The standard InChI is InChI=1S/C14H23NO3/c1-6-7-10-8-9-15(11(10)12(16)18-5)13(17)14(2,3)4/h6,10-11H,1,7-9H2,2-5H3. The minimum atomic E-state index is -0.477. The van der Waals surface area contributed by atoms with Gasteiger partial charge in [0.25, 0.3) is 0 Å². The Bertz CT molecular complexity index is 343. The van der Waals surface area contributed by atoms with Crippen LogP contribution in [0.3, 0.4) is 0 Å². The summed E-state index contributed by atoms with van der Waals surface area (Å²) >= 11 is 0. The van der Waals surface area contributed by atoms with Crippen LogP contribution in [-0.4, -0.2) is 36.5 Å². The van der Waals surface area contributed by atoms with Crippen LogP contribution in [0.2, 0.25) is 0 Å². The van der Waals surface area contributed by atoms with Crippen molar-refractivity contribution in [1.29, 1.82) is 0 Å². The summed E-state index contributed by atoms with van der Waals surface area (Å²) < 4.78 is 4.84. The fourth-order valence-electron chi connectivity index (χ4n) is 2.42. The Morgan fingerprint density at radius 2 is 2.06 bits per heavy atom. The molecule has 1 amide bonds. The number of esters is 1. The SMILES string of the molecule is C=CCC1CCN(C(=O)C(C)(C)C)C1C(=O)OC. The summed E-state index contributed by atoms with van der Waals surface area (Å²) in [5.74, 6) is -0.192. The third-order valence-electron chi connectivity index (χ3n) is 3.34. The van der Waals surface area contributed by atoms with Gasteiger partial charge < -0.3 is 9.64 Å². The van der Waals surface area contributed by atoms with Crippen LogP contribution in [0.1, 0.15) is 33.6 Å². The van der Waals surface area contributed by atoms with E-state index in [1.54, 1.807) is 11.0 Å². The van der Waals surface area contributed by atoms with Crippen molar-refractivity contribution < 1.29 is 14.3 Å². The van der Waals surface area contributed by atoms with Gasteiger partial charge in [-0.1, -0.05) is 26.8 Å². The number of amides is 1. The molecule has 0 N–H and O–H groups in total. The average Bonchev–Trinajstić information content (AvgIpc) is 2.70. The van der Waals surface area contributed by atoms with E-state index in [0.717, 1.165) is 12.8 Å². The largest absolute Gasteiger partial charge is 0.467 e. The highest BCUT2D eigenvalue weighted by Gasteiger charge is 2.44. The van der Waals surface area contributed by atoms with Gasteiger partial charge in [0, 0.05) is 12.0 Å². The third-order valence-corrected chi connectivity index (χ3v) is 3.34. The number of hydrogen-bond donors (Lipinski definition) is 0. The topological polar surface area (TPSA) is 46.6 Å². The molecule has 0 spiro atoms.